The summed E-state index contributed by atoms with van der Waals surface area (Å²) in [5.41, 5.74) is 10.4. The molecule has 0 atom stereocenters. The lowest BCUT2D eigenvalue weighted by Crippen LogP contribution is -2.26. The van der Waals surface area contributed by atoms with Gasteiger partial charge in [-0.1, -0.05) is 18.2 Å². The number of hydrazine groups is 1. The minimum atomic E-state index is -4.59. The van der Waals surface area contributed by atoms with Crippen molar-refractivity contribution in [2.24, 2.45) is 18.6 Å². The first-order valence-corrected chi connectivity index (χ1v) is 13.2. The van der Waals surface area contributed by atoms with Gasteiger partial charge in [0.1, 0.15) is 0 Å². The van der Waals surface area contributed by atoms with E-state index in [1.807, 2.05) is 33.0 Å². The highest BCUT2D eigenvalue weighted by Crippen LogP contribution is 2.34. The average molecular weight is 579 g/mol. The third-order valence-corrected chi connectivity index (χ3v) is 6.86. The second-order valence-corrected chi connectivity index (χ2v) is 9.88. The molecule has 2 heterocycles. The number of alkyl halides is 3. The van der Waals surface area contributed by atoms with Gasteiger partial charge in [0.15, 0.2) is 0 Å². The van der Waals surface area contributed by atoms with E-state index >= 15 is 0 Å². The number of aromatic nitrogens is 3. The maximum Gasteiger partial charge on any atom is 0.416 e. The number of allylic oxidation sites excluding steroid dienone is 4. The minimum absolute atomic E-state index is 0.0271. The standard InChI is InChI=1S/C30H33F3N8O/c1-19-4-5-22(6-7-28(19)41(35)18-27(34)26-17-38-40(3)20(26)2)29(42)39-25-15-23(30(31,32)33)14-24(16-25)37-13-10-21-8-11-36-12-9-21/h4-5,7-9,11-12,14-18,37H,6,10,13,34-35H2,1-3H3,(H,39,42)/b27-18-. The van der Waals surface area contributed by atoms with E-state index in [0.29, 0.717) is 29.9 Å². The van der Waals surface area contributed by atoms with Crippen molar-refractivity contribution in [2.45, 2.75) is 32.9 Å². The monoisotopic (exact) mass is 578 g/mol. The first-order valence-electron chi connectivity index (χ1n) is 13.2. The Labute approximate surface area is 242 Å². The lowest BCUT2D eigenvalue weighted by atomic mass is 10.1. The number of benzene rings is 1. The summed E-state index contributed by atoms with van der Waals surface area (Å²) in [6.45, 7) is 4.12. The summed E-state index contributed by atoms with van der Waals surface area (Å²) in [5, 5.41) is 11.2. The molecule has 0 saturated heterocycles. The van der Waals surface area contributed by atoms with Crippen molar-refractivity contribution in [1.82, 2.24) is 19.8 Å². The molecule has 2 aromatic heterocycles. The van der Waals surface area contributed by atoms with Gasteiger partial charge in [0, 0.05) is 60.4 Å². The molecule has 0 bridgehead atoms. The molecule has 9 nitrogen and oxygen atoms in total. The molecule has 0 spiro atoms. The molecule has 12 heteroatoms. The number of carbonyl (C=O) groups is 1. The lowest BCUT2D eigenvalue weighted by Gasteiger charge is -2.19. The maximum absolute atomic E-state index is 13.7. The van der Waals surface area contributed by atoms with E-state index in [9.17, 15) is 18.0 Å². The fourth-order valence-electron chi connectivity index (χ4n) is 4.37. The van der Waals surface area contributed by atoms with Crippen LogP contribution in [0.1, 0.15) is 35.7 Å². The van der Waals surface area contributed by atoms with E-state index < -0.39 is 17.6 Å². The Morgan fingerprint density at radius 1 is 1.14 bits per heavy atom. The van der Waals surface area contributed by atoms with E-state index in [4.69, 9.17) is 11.6 Å². The highest BCUT2D eigenvalue weighted by Gasteiger charge is 2.31. The Morgan fingerprint density at radius 3 is 2.52 bits per heavy atom. The van der Waals surface area contributed by atoms with E-state index in [0.717, 1.165) is 34.5 Å². The van der Waals surface area contributed by atoms with Gasteiger partial charge in [0.2, 0.25) is 0 Å². The second kappa shape index (κ2) is 12.8. The molecule has 0 fully saturated rings. The highest BCUT2D eigenvalue weighted by atomic mass is 19.4. The summed E-state index contributed by atoms with van der Waals surface area (Å²) in [5.74, 6) is 5.78. The molecule has 0 radical (unpaired) electrons. The SMILES string of the molecule is CC1=CC=C(C(=O)Nc2cc(NCCc3ccncc3)cc(C(F)(F)F)c2)CC=C1N(N)/C=C(\N)c1cnn(C)c1C. The zero-order chi connectivity index (χ0) is 30.4. The van der Waals surface area contributed by atoms with Gasteiger partial charge < -0.3 is 16.4 Å². The average Bonchev–Trinajstić information content (AvgIpc) is 3.15. The molecule has 0 unspecified atom stereocenters. The zero-order valence-electron chi connectivity index (χ0n) is 23.5. The molecule has 3 aromatic rings. The van der Waals surface area contributed by atoms with E-state index in [2.05, 4.69) is 20.7 Å². The van der Waals surface area contributed by atoms with Crippen molar-refractivity contribution in [3.63, 3.8) is 0 Å². The van der Waals surface area contributed by atoms with E-state index in [1.165, 1.54) is 11.1 Å². The molecule has 42 heavy (non-hydrogen) atoms. The van der Waals surface area contributed by atoms with Crippen LogP contribution in [0, 0.1) is 6.92 Å². The molecule has 0 aliphatic heterocycles. The highest BCUT2D eigenvalue weighted by molar-refractivity contribution is 6.04. The number of nitrogens with two attached hydrogens (primary N) is 2. The van der Waals surface area contributed by atoms with Gasteiger partial charge in [0.25, 0.3) is 5.91 Å². The first-order chi connectivity index (χ1) is 19.9. The number of hydrogen-bond donors (Lipinski definition) is 4. The number of amides is 1. The number of anilines is 2. The van der Waals surface area contributed by atoms with Crippen LogP contribution in [-0.2, 0) is 24.4 Å². The van der Waals surface area contributed by atoms with Crippen LogP contribution in [0.3, 0.4) is 0 Å². The number of hydrogen-bond acceptors (Lipinski definition) is 7. The van der Waals surface area contributed by atoms with E-state index in [-0.39, 0.29) is 17.8 Å². The van der Waals surface area contributed by atoms with Crippen LogP contribution in [0.15, 0.2) is 90.2 Å². The largest absolute Gasteiger partial charge is 0.416 e. The van der Waals surface area contributed by atoms with Gasteiger partial charge in [-0.2, -0.15) is 18.3 Å². The van der Waals surface area contributed by atoms with Crippen molar-refractivity contribution < 1.29 is 18.0 Å². The van der Waals surface area contributed by atoms with Crippen LogP contribution in [0.4, 0.5) is 24.5 Å². The molecule has 0 saturated carbocycles. The molecule has 1 aromatic carbocycles. The Hall–Kier alpha value is -4.84. The Kier molecular flexibility index (Phi) is 9.16. The molecule has 6 N–H and O–H groups in total. The third kappa shape index (κ3) is 7.46. The van der Waals surface area contributed by atoms with Crippen LogP contribution in [0.2, 0.25) is 0 Å². The Bertz CT molecular complexity index is 1570. The molecule has 220 valence electrons. The lowest BCUT2D eigenvalue weighted by molar-refractivity contribution is -0.137. The third-order valence-electron chi connectivity index (χ3n) is 6.86. The maximum atomic E-state index is 13.7. The van der Waals surface area contributed by atoms with Gasteiger partial charge in [0.05, 0.1) is 23.2 Å². The molecular weight excluding hydrogens is 545 g/mol. The van der Waals surface area contributed by atoms with Crippen LogP contribution in [0.25, 0.3) is 5.70 Å². The van der Waals surface area contributed by atoms with Crippen LogP contribution in [0.5, 0.6) is 0 Å². The number of halogens is 3. The number of carbonyl (C=O) groups excluding carboxylic acids is 1. The Balaban J connectivity index is 1.47. The topological polar surface area (TPSA) is 127 Å². The summed E-state index contributed by atoms with van der Waals surface area (Å²) >= 11 is 0. The summed E-state index contributed by atoms with van der Waals surface area (Å²) in [6, 6.07) is 7.10. The van der Waals surface area contributed by atoms with E-state index in [1.54, 1.807) is 47.7 Å². The fourth-order valence-corrected chi connectivity index (χ4v) is 4.37. The summed E-state index contributed by atoms with van der Waals surface area (Å²) < 4.78 is 42.7. The summed E-state index contributed by atoms with van der Waals surface area (Å²) in [7, 11) is 1.81. The second-order valence-electron chi connectivity index (χ2n) is 9.88. The van der Waals surface area contributed by atoms with Gasteiger partial charge in [-0.3, -0.25) is 19.5 Å². The molecule has 1 aliphatic rings. The van der Waals surface area contributed by atoms with Gasteiger partial charge in [-0.25, -0.2) is 5.84 Å². The van der Waals surface area contributed by atoms with Crippen molar-refractivity contribution in [3.05, 3.63) is 113 Å². The number of aryl methyl sites for hydroxylation is 1. The normalized spacial score (nSPS) is 14.0. The van der Waals surface area contributed by atoms with Crippen molar-refractivity contribution >= 4 is 23.0 Å². The van der Waals surface area contributed by atoms with Crippen molar-refractivity contribution in [1.29, 1.82) is 0 Å². The fraction of sp³-hybridized carbons (Fsp3) is 0.233. The van der Waals surface area contributed by atoms with Crippen LogP contribution < -0.4 is 22.2 Å². The van der Waals surface area contributed by atoms with Crippen molar-refractivity contribution in [2.75, 3.05) is 17.2 Å². The predicted molar refractivity (Wildman–Crippen MR) is 157 cm³/mol. The summed E-state index contributed by atoms with van der Waals surface area (Å²) in [6.07, 6.45) is 7.86. The molecule has 1 aliphatic carbocycles. The van der Waals surface area contributed by atoms with Gasteiger partial charge in [-0.15, -0.1) is 0 Å². The Morgan fingerprint density at radius 2 is 1.86 bits per heavy atom. The molecule has 4 rings (SSSR count). The zero-order valence-corrected chi connectivity index (χ0v) is 23.5. The summed E-state index contributed by atoms with van der Waals surface area (Å²) in [4.78, 5) is 17.1. The quantitative estimate of drug-likeness (QED) is 0.207. The number of pyridine rings is 1. The first kappa shape index (κ1) is 30.1. The molecular formula is C30H33F3N8O. The predicted octanol–water partition coefficient (Wildman–Crippen LogP) is 5.03. The van der Waals surface area contributed by atoms with Crippen molar-refractivity contribution in [3.8, 4) is 0 Å². The van der Waals surface area contributed by atoms with Crippen LogP contribution >= 0.6 is 0 Å². The van der Waals surface area contributed by atoms with Crippen LogP contribution in [-0.4, -0.2) is 32.2 Å². The van der Waals surface area contributed by atoms with Gasteiger partial charge >= 0.3 is 6.18 Å². The smallest absolute Gasteiger partial charge is 0.397 e. The number of nitrogens with zero attached hydrogens (tertiary/aromatic N) is 4. The number of nitrogens with one attached hydrogen (secondary N) is 2. The molecule has 1 amide bonds. The van der Waals surface area contributed by atoms with Gasteiger partial charge in [-0.05, 0) is 68.2 Å². The minimum Gasteiger partial charge on any atom is -0.397 e. The number of rotatable bonds is 9.